The van der Waals surface area contributed by atoms with E-state index in [-0.39, 0.29) is 11.1 Å². The normalized spacial score (nSPS) is 15.0. The van der Waals surface area contributed by atoms with Gasteiger partial charge in [0.1, 0.15) is 0 Å². The Bertz CT molecular complexity index is 699. The summed E-state index contributed by atoms with van der Waals surface area (Å²) in [5.74, 6) is 0.296. The van der Waals surface area contributed by atoms with Gasteiger partial charge in [0.15, 0.2) is 5.75 Å². The van der Waals surface area contributed by atoms with Crippen LogP contribution in [0.3, 0.4) is 0 Å². The molecule has 0 atom stereocenters. The fraction of sp³-hybridized carbons (Fsp3) is 0.353. The predicted molar refractivity (Wildman–Crippen MR) is 87.9 cm³/mol. The molecule has 0 unspecified atom stereocenters. The number of nitrogens with zero attached hydrogens (tertiary/aromatic N) is 2. The third-order valence-electron chi connectivity index (χ3n) is 4.15. The molecule has 0 radical (unpaired) electrons. The molecule has 6 heteroatoms. The van der Waals surface area contributed by atoms with Crippen LogP contribution in [0, 0.1) is 10.1 Å². The van der Waals surface area contributed by atoms with Gasteiger partial charge in [-0.25, -0.2) is 0 Å². The molecule has 1 aliphatic rings. The lowest BCUT2D eigenvalue weighted by Crippen LogP contribution is -2.20. The molecule has 2 aromatic rings. The van der Waals surface area contributed by atoms with E-state index in [1.54, 1.807) is 12.1 Å². The molecule has 0 bridgehead atoms. The molecule has 1 aromatic heterocycles. The molecule has 120 valence electrons. The van der Waals surface area contributed by atoms with Crippen LogP contribution in [0.2, 0.25) is 0 Å². The average molecular weight is 313 g/mol. The van der Waals surface area contributed by atoms with Crippen LogP contribution in [0.15, 0.2) is 42.6 Å². The molecule has 3 rings (SSSR count). The van der Waals surface area contributed by atoms with Crippen LogP contribution >= 0.6 is 0 Å². The Hall–Kier alpha value is -2.63. The molecule has 23 heavy (non-hydrogen) atoms. The van der Waals surface area contributed by atoms with Crippen molar-refractivity contribution in [1.82, 2.24) is 4.98 Å². The lowest BCUT2D eigenvalue weighted by atomic mass is 10.0. The molecule has 1 heterocycles. The Morgan fingerprint density at radius 2 is 2.17 bits per heavy atom. The second-order valence-electron chi connectivity index (χ2n) is 5.72. The first-order valence-electron chi connectivity index (χ1n) is 7.71. The standard InChI is InChI=1S/C17H19N3O3/c1-2-23-15-11-13(6-7-14(15)20(21)22)19-12-17(8-9-17)16-5-3-4-10-18-16/h3-7,10-11,19H,2,8-9,12H2,1H3. The fourth-order valence-electron chi connectivity index (χ4n) is 2.67. The van der Waals surface area contributed by atoms with E-state index in [0.29, 0.717) is 12.4 Å². The van der Waals surface area contributed by atoms with Crippen LogP contribution in [-0.4, -0.2) is 23.1 Å². The van der Waals surface area contributed by atoms with E-state index in [4.69, 9.17) is 4.74 Å². The Kier molecular flexibility index (Phi) is 4.14. The summed E-state index contributed by atoms with van der Waals surface area (Å²) in [4.78, 5) is 15.0. The number of rotatable bonds is 7. The van der Waals surface area contributed by atoms with E-state index in [1.807, 2.05) is 25.3 Å². The molecule has 0 spiro atoms. The van der Waals surface area contributed by atoms with E-state index in [0.717, 1.165) is 30.8 Å². The number of nitro benzene ring substituents is 1. The molecular formula is C17H19N3O3. The first kappa shape index (κ1) is 15.3. The topological polar surface area (TPSA) is 77.3 Å². The highest BCUT2D eigenvalue weighted by atomic mass is 16.6. The van der Waals surface area contributed by atoms with Crippen molar-refractivity contribution in [3.8, 4) is 5.75 Å². The van der Waals surface area contributed by atoms with Crippen molar-refractivity contribution in [2.24, 2.45) is 0 Å². The van der Waals surface area contributed by atoms with Gasteiger partial charge in [0, 0.05) is 41.7 Å². The van der Waals surface area contributed by atoms with Crippen LogP contribution < -0.4 is 10.1 Å². The molecule has 1 saturated carbocycles. The summed E-state index contributed by atoms with van der Waals surface area (Å²) in [5, 5.41) is 14.4. The Labute approximate surface area is 134 Å². The molecule has 0 aliphatic heterocycles. The summed E-state index contributed by atoms with van der Waals surface area (Å²) in [6.45, 7) is 2.96. The Morgan fingerprint density at radius 1 is 1.35 bits per heavy atom. The number of hydrogen-bond donors (Lipinski definition) is 1. The first-order valence-corrected chi connectivity index (χ1v) is 7.71. The summed E-state index contributed by atoms with van der Waals surface area (Å²) >= 11 is 0. The minimum atomic E-state index is -0.426. The maximum absolute atomic E-state index is 11.0. The van der Waals surface area contributed by atoms with E-state index >= 15 is 0 Å². The summed E-state index contributed by atoms with van der Waals surface area (Å²) < 4.78 is 5.38. The van der Waals surface area contributed by atoms with E-state index in [1.165, 1.54) is 6.07 Å². The van der Waals surface area contributed by atoms with Crippen molar-refractivity contribution in [1.29, 1.82) is 0 Å². The quantitative estimate of drug-likeness (QED) is 0.625. The number of pyridine rings is 1. The molecule has 6 nitrogen and oxygen atoms in total. The van der Waals surface area contributed by atoms with Gasteiger partial charge in [-0.15, -0.1) is 0 Å². The highest BCUT2D eigenvalue weighted by Crippen LogP contribution is 2.47. The molecule has 1 aliphatic carbocycles. The molecule has 1 N–H and O–H groups in total. The third-order valence-corrected chi connectivity index (χ3v) is 4.15. The Balaban J connectivity index is 1.74. The average Bonchev–Trinajstić information content (AvgIpc) is 3.35. The maximum Gasteiger partial charge on any atom is 0.311 e. The van der Waals surface area contributed by atoms with Gasteiger partial charge in [-0.1, -0.05) is 6.07 Å². The molecule has 0 saturated heterocycles. The van der Waals surface area contributed by atoms with E-state index in [2.05, 4.69) is 16.4 Å². The second kappa shape index (κ2) is 6.24. The van der Waals surface area contributed by atoms with E-state index in [9.17, 15) is 10.1 Å². The molecule has 1 aromatic carbocycles. The zero-order valence-corrected chi connectivity index (χ0v) is 13.0. The zero-order valence-electron chi connectivity index (χ0n) is 13.0. The number of aromatic nitrogens is 1. The smallest absolute Gasteiger partial charge is 0.311 e. The number of hydrogen-bond acceptors (Lipinski definition) is 5. The third kappa shape index (κ3) is 3.26. The van der Waals surface area contributed by atoms with E-state index < -0.39 is 4.92 Å². The van der Waals surface area contributed by atoms with Gasteiger partial charge in [0.05, 0.1) is 11.5 Å². The zero-order chi connectivity index (χ0) is 16.3. The van der Waals surface area contributed by atoms with Gasteiger partial charge < -0.3 is 10.1 Å². The van der Waals surface area contributed by atoms with Gasteiger partial charge in [-0.2, -0.15) is 0 Å². The lowest BCUT2D eigenvalue weighted by Gasteiger charge is -2.17. The van der Waals surface area contributed by atoms with Crippen LogP contribution in [0.4, 0.5) is 11.4 Å². The Morgan fingerprint density at radius 3 is 2.78 bits per heavy atom. The SMILES string of the molecule is CCOc1cc(NCC2(c3ccccn3)CC2)ccc1[N+](=O)[O-]. The maximum atomic E-state index is 11.0. The number of anilines is 1. The predicted octanol–water partition coefficient (Wildman–Crippen LogP) is 3.53. The number of benzene rings is 1. The minimum absolute atomic E-state index is 0.0109. The van der Waals surface area contributed by atoms with Crippen LogP contribution in [-0.2, 0) is 5.41 Å². The van der Waals surface area contributed by atoms with Gasteiger partial charge in [0.2, 0.25) is 0 Å². The van der Waals surface area contributed by atoms with Crippen LogP contribution in [0.25, 0.3) is 0 Å². The number of nitrogens with one attached hydrogen (secondary N) is 1. The monoisotopic (exact) mass is 313 g/mol. The van der Waals surface area contributed by atoms with Crippen molar-refractivity contribution in [2.75, 3.05) is 18.5 Å². The highest BCUT2D eigenvalue weighted by Gasteiger charge is 2.45. The molecule has 0 amide bonds. The van der Waals surface area contributed by atoms with Gasteiger partial charge in [-0.05, 0) is 38.0 Å². The van der Waals surface area contributed by atoms with Crippen LogP contribution in [0.5, 0.6) is 5.75 Å². The second-order valence-corrected chi connectivity index (χ2v) is 5.72. The molecular weight excluding hydrogens is 294 g/mol. The summed E-state index contributed by atoms with van der Waals surface area (Å²) in [6, 6.07) is 10.9. The number of ether oxygens (including phenoxy) is 1. The molecule has 1 fully saturated rings. The van der Waals surface area contributed by atoms with Gasteiger partial charge in [-0.3, -0.25) is 15.1 Å². The van der Waals surface area contributed by atoms with Gasteiger partial charge >= 0.3 is 5.69 Å². The fourth-order valence-corrected chi connectivity index (χ4v) is 2.67. The minimum Gasteiger partial charge on any atom is -0.487 e. The summed E-state index contributed by atoms with van der Waals surface area (Å²) in [5.41, 5.74) is 1.98. The lowest BCUT2D eigenvalue weighted by molar-refractivity contribution is -0.385. The van der Waals surface area contributed by atoms with Crippen molar-refractivity contribution >= 4 is 11.4 Å². The van der Waals surface area contributed by atoms with Crippen molar-refractivity contribution in [3.63, 3.8) is 0 Å². The first-order chi connectivity index (χ1) is 11.1. The summed E-state index contributed by atoms with van der Waals surface area (Å²) in [6.07, 6.45) is 4.01. The summed E-state index contributed by atoms with van der Waals surface area (Å²) in [7, 11) is 0. The van der Waals surface area contributed by atoms with Crippen molar-refractivity contribution in [2.45, 2.75) is 25.2 Å². The van der Waals surface area contributed by atoms with Crippen LogP contribution in [0.1, 0.15) is 25.5 Å². The number of nitro groups is 1. The largest absolute Gasteiger partial charge is 0.487 e. The van der Waals surface area contributed by atoms with Gasteiger partial charge in [0.25, 0.3) is 0 Å². The van der Waals surface area contributed by atoms with Crippen molar-refractivity contribution < 1.29 is 9.66 Å². The highest BCUT2D eigenvalue weighted by molar-refractivity contribution is 5.58. The van der Waals surface area contributed by atoms with Crippen molar-refractivity contribution in [3.05, 3.63) is 58.4 Å².